The molecule has 3 aromatic rings. The summed E-state index contributed by atoms with van der Waals surface area (Å²) in [6.07, 6.45) is 0. The molecule has 0 unspecified atom stereocenters. The van der Waals surface area contributed by atoms with Crippen LogP contribution in [0.25, 0.3) is 5.57 Å². The van der Waals surface area contributed by atoms with Gasteiger partial charge in [0.25, 0.3) is 11.8 Å². The van der Waals surface area contributed by atoms with E-state index in [-0.39, 0.29) is 17.2 Å². The topological polar surface area (TPSA) is 87.7 Å². The van der Waals surface area contributed by atoms with Gasteiger partial charge in [-0.05, 0) is 48.9 Å². The van der Waals surface area contributed by atoms with E-state index >= 15 is 0 Å². The molecule has 7 nitrogen and oxygen atoms in total. The highest BCUT2D eigenvalue weighted by Crippen LogP contribution is 2.37. The normalized spacial score (nSPS) is 13.3. The number of anilines is 3. The van der Waals surface area contributed by atoms with Crippen LogP contribution in [0.15, 0.2) is 84.6 Å². The standard InChI is InChI=1S/C26H23N3O4/c1-3-33-22-12-8-7-11-21(22)29-25(31)23(18-9-5-4-6-10-18)24(26(29)32)28-20-15-13-19(14-16-20)27-17(2)30/h4-16,28H,3H2,1-2H3,(H,27,30). The number of carbonyl (C=O) groups is 3. The lowest BCUT2D eigenvalue weighted by molar-refractivity contribution is -0.120. The molecule has 0 radical (unpaired) electrons. The molecular weight excluding hydrogens is 418 g/mol. The number of hydrogen-bond donors (Lipinski definition) is 2. The van der Waals surface area contributed by atoms with Gasteiger partial charge in [0.15, 0.2) is 0 Å². The molecule has 0 saturated carbocycles. The van der Waals surface area contributed by atoms with Gasteiger partial charge < -0.3 is 15.4 Å². The monoisotopic (exact) mass is 441 g/mol. The van der Waals surface area contributed by atoms with Gasteiger partial charge in [0, 0.05) is 18.3 Å². The van der Waals surface area contributed by atoms with E-state index < -0.39 is 11.8 Å². The molecule has 33 heavy (non-hydrogen) atoms. The van der Waals surface area contributed by atoms with Crippen LogP contribution in [0, 0.1) is 0 Å². The van der Waals surface area contributed by atoms with Gasteiger partial charge in [0.2, 0.25) is 5.91 Å². The fraction of sp³-hybridized carbons (Fsp3) is 0.115. The fourth-order valence-corrected chi connectivity index (χ4v) is 3.64. The zero-order valence-corrected chi connectivity index (χ0v) is 18.3. The molecule has 3 amide bonds. The number of amides is 3. The van der Waals surface area contributed by atoms with Gasteiger partial charge in [-0.2, -0.15) is 0 Å². The second-order valence-corrected chi connectivity index (χ2v) is 7.35. The Hall–Kier alpha value is -4.39. The van der Waals surface area contributed by atoms with Crippen LogP contribution >= 0.6 is 0 Å². The Morgan fingerprint density at radius 2 is 1.48 bits per heavy atom. The van der Waals surface area contributed by atoms with Crippen molar-refractivity contribution in [1.29, 1.82) is 0 Å². The van der Waals surface area contributed by atoms with Crippen LogP contribution < -0.4 is 20.3 Å². The van der Waals surface area contributed by atoms with Crippen molar-refractivity contribution in [2.75, 3.05) is 22.1 Å². The summed E-state index contributed by atoms with van der Waals surface area (Å²) in [5.41, 5.74) is 2.70. The molecule has 1 aliphatic heterocycles. The summed E-state index contributed by atoms with van der Waals surface area (Å²) in [5.74, 6) is -0.632. The Labute approximate surface area is 191 Å². The molecule has 2 N–H and O–H groups in total. The quantitative estimate of drug-likeness (QED) is 0.529. The highest BCUT2D eigenvalue weighted by Gasteiger charge is 2.41. The first-order valence-electron chi connectivity index (χ1n) is 10.5. The van der Waals surface area contributed by atoms with E-state index in [0.29, 0.717) is 35.0 Å². The highest BCUT2D eigenvalue weighted by molar-refractivity contribution is 6.46. The SMILES string of the molecule is CCOc1ccccc1N1C(=O)C(Nc2ccc(NC(C)=O)cc2)=C(c2ccccc2)C1=O. The van der Waals surface area contributed by atoms with Gasteiger partial charge in [-0.3, -0.25) is 14.4 Å². The molecule has 0 aromatic heterocycles. The zero-order valence-electron chi connectivity index (χ0n) is 18.3. The second-order valence-electron chi connectivity index (χ2n) is 7.35. The molecule has 0 bridgehead atoms. The summed E-state index contributed by atoms with van der Waals surface area (Å²) < 4.78 is 5.67. The Morgan fingerprint density at radius 3 is 2.15 bits per heavy atom. The van der Waals surface area contributed by atoms with Crippen LogP contribution in [-0.2, 0) is 14.4 Å². The molecule has 0 spiro atoms. The number of para-hydroxylation sites is 2. The molecule has 4 rings (SSSR count). The van der Waals surface area contributed by atoms with Crippen molar-refractivity contribution in [2.45, 2.75) is 13.8 Å². The fourth-order valence-electron chi connectivity index (χ4n) is 3.64. The van der Waals surface area contributed by atoms with Gasteiger partial charge in [-0.1, -0.05) is 42.5 Å². The van der Waals surface area contributed by atoms with E-state index in [1.807, 2.05) is 25.1 Å². The first-order valence-corrected chi connectivity index (χ1v) is 10.5. The maximum Gasteiger partial charge on any atom is 0.282 e. The van der Waals surface area contributed by atoms with Gasteiger partial charge in [-0.15, -0.1) is 0 Å². The minimum absolute atomic E-state index is 0.171. The molecule has 0 saturated heterocycles. The molecule has 0 atom stereocenters. The van der Waals surface area contributed by atoms with Gasteiger partial charge >= 0.3 is 0 Å². The maximum absolute atomic E-state index is 13.6. The van der Waals surface area contributed by atoms with E-state index in [1.54, 1.807) is 60.7 Å². The third-order valence-corrected chi connectivity index (χ3v) is 5.03. The van der Waals surface area contributed by atoms with Crippen molar-refractivity contribution < 1.29 is 19.1 Å². The van der Waals surface area contributed by atoms with Crippen molar-refractivity contribution in [3.8, 4) is 5.75 Å². The van der Waals surface area contributed by atoms with Crippen molar-refractivity contribution in [1.82, 2.24) is 0 Å². The Morgan fingerprint density at radius 1 is 0.848 bits per heavy atom. The largest absolute Gasteiger partial charge is 0.492 e. The van der Waals surface area contributed by atoms with E-state index in [9.17, 15) is 14.4 Å². The Kier molecular flexibility index (Phi) is 6.22. The third-order valence-electron chi connectivity index (χ3n) is 5.03. The lowest BCUT2D eigenvalue weighted by atomic mass is 10.0. The number of rotatable bonds is 7. The minimum Gasteiger partial charge on any atom is -0.492 e. The van der Waals surface area contributed by atoms with Crippen molar-refractivity contribution >= 4 is 40.4 Å². The molecule has 166 valence electrons. The lowest BCUT2D eigenvalue weighted by Crippen LogP contribution is -2.32. The molecule has 0 fully saturated rings. The highest BCUT2D eigenvalue weighted by atomic mass is 16.5. The van der Waals surface area contributed by atoms with E-state index in [2.05, 4.69) is 10.6 Å². The van der Waals surface area contributed by atoms with E-state index in [0.717, 1.165) is 4.90 Å². The van der Waals surface area contributed by atoms with Crippen molar-refractivity contribution in [3.05, 3.63) is 90.1 Å². The van der Waals surface area contributed by atoms with Gasteiger partial charge in [0.05, 0.1) is 17.9 Å². The Bertz CT molecular complexity index is 1230. The molecule has 1 aliphatic rings. The number of benzene rings is 3. The molecular formula is C26H23N3O4. The summed E-state index contributed by atoms with van der Waals surface area (Å²) in [6, 6.07) is 22.9. The van der Waals surface area contributed by atoms with Crippen LogP contribution in [0.5, 0.6) is 5.75 Å². The predicted molar refractivity (Wildman–Crippen MR) is 128 cm³/mol. The second kappa shape index (κ2) is 9.40. The first kappa shape index (κ1) is 21.8. The van der Waals surface area contributed by atoms with Crippen LogP contribution in [0.1, 0.15) is 19.4 Å². The lowest BCUT2D eigenvalue weighted by Gasteiger charge is -2.19. The van der Waals surface area contributed by atoms with E-state index in [1.165, 1.54) is 6.92 Å². The van der Waals surface area contributed by atoms with Crippen molar-refractivity contribution in [2.24, 2.45) is 0 Å². The smallest absolute Gasteiger partial charge is 0.282 e. The Balaban J connectivity index is 1.75. The predicted octanol–water partition coefficient (Wildman–Crippen LogP) is 4.44. The van der Waals surface area contributed by atoms with E-state index in [4.69, 9.17) is 4.74 Å². The van der Waals surface area contributed by atoms with Crippen LogP contribution in [0.3, 0.4) is 0 Å². The summed E-state index contributed by atoms with van der Waals surface area (Å²) in [7, 11) is 0. The van der Waals surface area contributed by atoms with Crippen molar-refractivity contribution in [3.63, 3.8) is 0 Å². The first-order chi connectivity index (χ1) is 16.0. The summed E-state index contributed by atoms with van der Waals surface area (Å²) >= 11 is 0. The van der Waals surface area contributed by atoms with Gasteiger partial charge in [0.1, 0.15) is 11.4 Å². The number of imide groups is 1. The molecule has 1 heterocycles. The third kappa shape index (κ3) is 4.48. The van der Waals surface area contributed by atoms with Gasteiger partial charge in [-0.25, -0.2) is 4.90 Å². The summed E-state index contributed by atoms with van der Waals surface area (Å²) in [6.45, 7) is 3.67. The number of ether oxygens (including phenoxy) is 1. The summed E-state index contributed by atoms with van der Waals surface area (Å²) in [5, 5.41) is 5.82. The number of carbonyl (C=O) groups excluding carboxylic acids is 3. The molecule has 7 heteroatoms. The molecule has 3 aromatic carbocycles. The summed E-state index contributed by atoms with van der Waals surface area (Å²) in [4.78, 5) is 39.5. The average Bonchev–Trinajstić information content (AvgIpc) is 3.05. The average molecular weight is 441 g/mol. The maximum atomic E-state index is 13.6. The zero-order chi connectivity index (χ0) is 23.4. The number of nitrogens with zero attached hydrogens (tertiary/aromatic N) is 1. The van der Waals surface area contributed by atoms with Crippen LogP contribution in [-0.4, -0.2) is 24.3 Å². The number of hydrogen-bond acceptors (Lipinski definition) is 5. The molecule has 0 aliphatic carbocycles. The minimum atomic E-state index is -0.475. The number of nitrogens with one attached hydrogen (secondary N) is 2. The van der Waals surface area contributed by atoms with Crippen LogP contribution in [0.4, 0.5) is 17.1 Å². The van der Waals surface area contributed by atoms with Crippen LogP contribution in [0.2, 0.25) is 0 Å².